The molecule has 1 aliphatic rings. The van der Waals surface area contributed by atoms with Gasteiger partial charge in [-0.1, -0.05) is 42.5 Å². The summed E-state index contributed by atoms with van der Waals surface area (Å²) in [6.45, 7) is 0.125. The van der Waals surface area contributed by atoms with Crippen LogP contribution >= 0.6 is 0 Å². The topological polar surface area (TPSA) is 111 Å². The molecule has 1 saturated carbocycles. The van der Waals surface area contributed by atoms with Gasteiger partial charge in [0.05, 0.1) is 17.5 Å². The Balaban J connectivity index is 1.62. The number of ether oxygens (including phenoxy) is 1. The van der Waals surface area contributed by atoms with Crippen molar-refractivity contribution >= 4 is 9.84 Å². The molecule has 0 spiro atoms. The zero-order chi connectivity index (χ0) is 26.9. The van der Waals surface area contributed by atoms with Crippen LogP contribution in [0.15, 0.2) is 87.5 Å². The fraction of sp³-hybridized carbons (Fsp3) is 0.250. The number of rotatable bonds is 9. The molecular weight excluding hydrogens is 509 g/mol. The minimum Gasteiger partial charge on any atom is -0.493 e. The molecule has 8 nitrogen and oxygen atoms in total. The lowest BCUT2D eigenvalue weighted by Crippen LogP contribution is -2.29. The molecule has 2 heterocycles. The Morgan fingerprint density at radius 1 is 1.05 bits per heavy atom. The largest absolute Gasteiger partial charge is 0.493 e. The van der Waals surface area contributed by atoms with Gasteiger partial charge in [-0.25, -0.2) is 13.4 Å². The third kappa shape index (κ3) is 5.09. The lowest BCUT2D eigenvalue weighted by Gasteiger charge is -2.25. The van der Waals surface area contributed by atoms with Crippen molar-refractivity contribution in [3.8, 4) is 17.0 Å². The maximum absolute atomic E-state index is 13.7. The number of aromatic nitrogens is 3. The van der Waals surface area contributed by atoms with Crippen LogP contribution in [0.25, 0.3) is 11.1 Å². The van der Waals surface area contributed by atoms with Crippen molar-refractivity contribution in [1.29, 1.82) is 0 Å². The normalized spacial score (nSPS) is 14.4. The third-order valence-electron chi connectivity index (χ3n) is 6.62. The number of sulfone groups is 1. The second-order valence-corrected chi connectivity index (χ2v) is 11.2. The van der Waals surface area contributed by atoms with Gasteiger partial charge >= 0.3 is 0 Å². The van der Waals surface area contributed by atoms with Gasteiger partial charge in [0.2, 0.25) is 21.7 Å². The predicted octanol–water partition coefficient (Wildman–Crippen LogP) is 4.17. The summed E-state index contributed by atoms with van der Waals surface area (Å²) in [6.07, 6.45) is 3.74. The van der Waals surface area contributed by atoms with Crippen molar-refractivity contribution in [2.24, 2.45) is 5.92 Å². The lowest BCUT2D eigenvalue weighted by atomic mass is 10.1. The van der Waals surface area contributed by atoms with Crippen molar-refractivity contribution in [1.82, 2.24) is 14.5 Å². The monoisotopic (exact) mass is 535 g/mol. The van der Waals surface area contributed by atoms with E-state index in [9.17, 15) is 22.7 Å². The quantitative estimate of drug-likeness (QED) is 0.320. The van der Waals surface area contributed by atoms with E-state index in [4.69, 9.17) is 4.74 Å². The van der Waals surface area contributed by atoms with E-state index in [1.54, 1.807) is 0 Å². The van der Waals surface area contributed by atoms with Crippen molar-refractivity contribution in [3.05, 3.63) is 101 Å². The summed E-state index contributed by atoms with van der Waals surface area (Å²) in [6, 6.07) is 17.1. The first-order chi connectivity index (χ1) is 18.3. The first kappa shape index (κ1) is 25.7. The number of nitrogens with zero attached hydrogens (tertiary/aromatic N) is 3. The minimum absolute atomic E-state index is 0.125. The van der Waals surface area contributed by atoms with Crippen molar-refractivity contribution in [2.45, 2.75) is 35.1 Å². The van der Waals surface area contributed by atoms with Crippen LogP contribution in [-0.4, -0.2) is 41.8 Å². The molecule has 1 N–H and O–H groups in total. The Morgan fingerprint density at radius 3 is 2.34 bits per heavy atom. The van der Waals surface area contributed by atoms with E-state index in [0.29, 0.717) is 29.3 Å². The number of hydrogen-bond donors (Lipinski definition) is 1. The van der Waals surface area contributed by atoms with Crippen molar-refractivity contribution in [2.75, 3.05) is 13.7 Å². The van der Waals surface area contributed by atoms with Crippen LogP contribution in [0.1, 0.15) is 30.3 Å². The van der Waals surface area contributed by atoms with Gasteiger partial charge in [-0.15, -0.1) is 0 Å². The second kappa shape index (κ2) is 10.5. The molecule has 0 aliphatic heterocycles. The average Bonchev–Trinajstić information content (AvgIpc) is 3.73. The van der Waals surface area contributed by atoms with Gasteiger partial charge in [0.25, 0.3) is 5.56 Å². The molecule has 0 unspecified atom stereocenters. The number of methoxy groups -OCH3 is 1. The standard InChI is InChI=1S/C28H26FN3O5S/c1-37-17-23(20-5-3-2-4-6-20)32-25(15-18-7-8-18)31-27(33)26(28(32)34)38(35,36)22-12-9-19(10-13-22)21-11-14-24(29)30-16-21/h2-6,9-14,16,18,23,34H,7-8,15,17H2,1H3/t23-/m0/s1. The van der Waals surface area contributed by atoms with Gasteiger partial charge in [-0.3, -0.25) is 9.36 Å². The lowest BCUT2D eigenvalue weighted by molar-refractivity contribution is 0.161. The maximum Gasteiger partial charge on any atom is 0.296 e. The highest BCUT2D eigenvalue weighted by Crippen LogP contribution is 2.36. The zero-order valence-corrected chi connectivity index (χ0v) is 21.4. The smallest absolute Gasteiger partial charge is 0.296 e. The Morgan fingerprint density at radius 2 is 1.74 bits per heavy atom. The molecule has 1 atom stereocenters. The highest BCUT2D eigenvalue weighted by molar-refractivity contribution is 7.91. The number of pyridine rings is 1. The van der Waals surface area contributed by atoms with Gasteiger partial charge in [-0.05, 0) is 54.2 Å². The molecule has 0 bridgehead atoms. The van der Waals surface area contributed by atoms with E-state index >= 15 is 0 Å². The summed E-state index contributed by atoms with van der Waals surface area (Å²) in [5.41, 5.74) is 0.968. The fourth-order valence-corrected chi connectivity index (χ4v) is 5.82. The average molecular weight is 536 g/mol. The Labute approximate surface area is 219 Å². The van der Waals surface area contributed by atoms with Gasteiger partial charge in [0.1, 0.15) is 5.82 Å². The van der Waals surface area contributed by atoms with E-state index in [-0.39, 0.29) is 11.5 Å². The van der Waals surface area contributed by atoms with Crippen LogP contribution in [0.5, 0.6) is 5.88 Å². The summed E-state index contributed by atoms with van der Waals surface area (Å²) in [5.74, 6) is -0.653. The van der Waals surface area contributed by atoms with Gasteiger partial charge in [0, 0.05) is 25.3 Å². The Kier molecular flexibility index (Phi) is 7.09. The first-order valence-electron chi connectivity index (χ1n) is 12.1. The van der Waals surface area contributed by atoms with E-state index in [1.165, 1.54) is 54.3 Å². The predicted molar refractivity (Wildman–Crippen MR) is 138 cm³/mol. The van der Waals surface area contributed by atoms with Crippen molar-refractivity contribution in [3.63, 3.8) is 0 Å². The number of hydrogen-bond acceptors (Lipinski definition) is 7. The van der Waals surface area contributed by atoms with E-state index in [2.05, 4.69) is 9.97 Å². The molecule has 4 aromatic rings. The number of aromatic hydroxyl groups is 1. The summed E-state index contributed by atoms with van der Waals surface area (Å²) >= 11 is 0. The van der Waals surface area contributed by atoms with Crippen LogP contribution in [0.4, 0.5) is 4.39 Å². The molecule has 10 heteroatoms. The molecule has 5 rings (SSSR count). The fourth-order valence-electron chi connectivity index (χ4n) is 4.48. The van der Waals surface area contributed by atoms with Crippen LogP contribution in [-0.2, 0) is 21.0 Å². The first-order valence-corrected chi connectivity index (χ1v) is 13.6. The van der Waals surface area contributed by atoms with Gasteiger partial charge in [0.15, 0.2) is 4.90 Å². The van der Waals surface area contributed by atoms with Crippen LogP contribution < -0.4 is 5.56 Å². The molecule has 2 aromatic carbocycles. The van der Waals surface area contributed by atoms with Crippen molar-refractivity contribution < 1.29 is 22.7 Å². The second-order valence-electron chi connectivity index (χ2n) is 9.28. The molecule has 1 fully saturated rings. The van der Waals surface area contributed by atoms with Crippen LogP contribution in [0, 0.1) is 11.9 Å². The molecule has 196 valence electrons. The summed E-state index contributed by atoms with van der Waals surface area (Å²) in [5, 5.41) is 11.4. The molecule has 0 amide bonds. The maximum atomic E-state index is 13.7. The van der Waals surface area contributed by atoms with Gasteiger partial charge < -0.3 is 9.84 Å². The molecule has 2 aromatic heterocycles. The number of benzene rings is 2. The van der Waals surface area contributed by atoms with E-state index < -0.39 is 38.2 Å². The minimum atomic E-state index is -4.45. The SMILES string of the molecule is COC[C@@H](c1ccccc1)n1c(CC2CC2)nc(=O)c(S(=O)(=O)c2ccc(-c3ccc(F)nc3)cc2)c1O. The Hall–Kier alpha value is -3.89. The zero-order valence-electron chi connectivity index (χ0n) is 20.6. The van der Waals surface area contributed by atoms with Crippen LogP contribution in [0.3, 0.4) is 0 Å². The molecule has 38 heavy (non-hydrogen) atoms. The van der Waals surface area contributed by atoms with E-state index in [1.807, 2.05) is 30.3 Å². The summed E-state index contributed by atoms with van der Waals surface area (Å²) in [7, 11) is -2.94. The van der Waals surface area contributed by atoms with Crippen LogP contribution in [0.2, 0.25) is 0 Å². The highest BCUT2D eigenvalue weighted by Gasteiger charge is 2.34. The third-order valence-corrected chi connectivity index (χ3v) is 8.40. The molecule has 0 saturated heterocycles. The summed E-state index contributed by atoms with van der Waals surface area (Å²) < 4.78 is 47.4. The molecule has 1 aliphatic carbocycles. The molecule has 0 radical (unpaired) electrons. The van der Waals surface area contributed by atoms with E-state index in [0.717, 1.165) is 18.4 Å². The number of halogens is 1. The summed E-state index contributed by atoms with van der Waals surface area (Å²) in [4.78, 5) is 20.0. The van der Waals surface area contributed by atoms with Gasteiger partial charge in [-0.2, -0.15) is 9.37 Å². The molecular formula is C28H26FN3O5S. The Bertz CT molecular complexity index is 1600. The highest BCUT2D eigenvalue weighted by atomic mass is 32.2.